The summed E-state index contributed by atoms with van der Waals surface area (Å²) in [7, 11) is 0. The van der Waals surface area contributed by atoms with Gasteiger partial charge in [-0.15, -0.1) is 0 Å². The van der Waals surface area contributed by atoms with E-state index in [0.29, 0.717) is 13.1 Å². The first-order valence-corrected chi connectivity index (χ1v) is 6.65. The first-order chi connectivity index (χ1) is 8.92. The van der Waals surface area contributed by atoms with E-state index < -0.39 is 5.60 Å². The number of hydrogen-bond donors (Lipinski definition) is 1. The van der Waals surface area contributed by atoms with E-state index in [1.807, 2.05) is 32.9 Å². The third-order valence-corrected chi connectivity index (χ3v) is 3.29. The highest BCUT2D eigenvalue weighted by Gasteiger charge is 2.40. The number of amides is 1. The van der Waals surface area contributed by atoms with Crippen LogP contribution in [0.25, 0.3) is 0 Å². The van der Waals surface area contributed by atoms with Gasteiger partial charge < -0.3 is 14.9 Å². The minimum atomic E-state index is -0.494. The fourth-order valence-electron chi connectivity index (χ4n) is 2.47. The summed E-state index contributed by atoms with van der Waals surface area (Å²) >= 11 is 0. The molecule has 2 rings (SSSR count). The zero-order valence-electron chi connectivity index (χ0n) is 11.8. The third-order valence-electron chi connectivity index (χ3n) is 3.29. The van der Waals surface area contributed by atoms with Crippen LogP contribution < -0.4 is 5.73 Å². The number of hydrogen-bond acceptors (Lipinski definition) is 4. The Bertz CT molecular complexity index is 422. The van der Waals surface area contributed by atoms with E-state index in [9.17, 15) is 4.79 Å². The monoisotopic (exact) mass is 266 g/mol. The van der Waals surface area contributed by atoms with Crippen LogP contribution in [0.15, 0.2) is 22.8 Å². The molecule has 1 fully saturated rings. The maximum atomic E-state index is 12.2. The van der Waals surface area contributed by atoms with E-state index in [1.165, 1.54) is 0 Å². The topological polar surface area (TPSA) is 68.7 Å². The molecule has 1 aliphatic heterocycles. The molecule has 5 heteroatoms. The van der Waals surface area contributed by atoms with Crippen molar-refractivity contribution in [1.82, 2.24) is 4.90 Å². The van der Waals surface area contributed by atoms with Gasteiger partial charge in [-0.05, 0) is 45.9 Å². The number of rotatable bonds is 2. The van der Waals surface area contributed by atoms with E-state index in [2.05, 4.69) is 0 Å². The molecule has 0 unspecified atom stereocenters. The SMILES string of the molecule is CC(C)(C)OC(=O)N1CC[C@@H](CN)[C@@H]1c1ccco1. The number of carbonyl (C=O) groups is 1. The van der Waals surface area contributed by atoms with E-state index >= 15 is 0 Å². The lowest BCUT2D eigenvalue weighted by Gasteiger charge is -2.29. The number of nitrogens with two attached hydrogens (primary N) is 1. The van der Waals surface area contributed by atoms with Crippen LogP contribution in [0.1, 0.15) is 39.0 Å². The van der Waals surface area contributed by atoms with Gasteiger partial charge in [0.05, 0.1) is 12.3 Å². The number of likely N-dealkylation sites (tertiary alicyclic amines) is 1. The summed E-state index contributed by atoms with van der Waals surface area (Å²) in [5.74, 6) is 0.998. The molecule has 1 saturated heterocycles. The Hall–Kier alpha value is -1.49. The Kier molecular flexibility index (Phi) is 3.85. The number of ether oxygens (including phenoxy) is 1. The zero-order valence-corrected chi connectivity index (χ0v) is 11.8. The Balaban J connectivity index is 2.17. The summed E-state index contributed by atoms with van der Waals surface area (Å²) in [6.07, 6.45) is 2.19. The van der Waals surface area contributed by atoms with Crippen molar-refractivity contribution >= 4 is 6.09 Å². The Labute approximate surface area is 113 Å². The molecule has 0 spiro atoms. The van der Waals surface area contributed by atoms with Crippen molar-refractivity contribution in [2.24, 2.45) is 11.7 Å². The average molecular weight is 266 g/mol. The van der Waals surface area contributed by atoms with Gasteiger partial charge in [0, 0.05) is 12.5 Å². The van der Waals surface area contributed by atoms with Crippen molar-refractivity contribution in [2.45, 2.75) is 38.8 Å². The second kappa shape index (κ2) is 5.25. The normalized spacial score (nSPS) is 23.7. The predicted molar refractivity (Wildman–Crippen MR) is 71.6 cm³/mol. The summed E-state index contributed by atoms with van der Waals surface area (Å²) in [6, 6.07) is 3.60. The molecule has 2 atom stereocenters. The molecule has 0 radical (unpaired) electrons. The van der Waals surface area contributed by atoms with Crippen LogP contribution in [0.2, 0.25) is 0 Å². The van der Waals surface area contributed by atoms with Crippen molar-refractivity contribution in [3.63, 3.8) is 0 Å². The highest BCUT2D eigenvalue weighted by Crippen LogP contribution is 2.37. The lowest BCUT2D eigenvalue weighted by molar-refractivity contribution is 0.0187. The minimum absolute atomic E-state index is 0.116. The molecular formula is C14H22N2O3. The van der Waals surface area contributed by atoms with Gasteiger partial charge in [-0.3, -0.25) is 4.90 Å². The molecule has 0 aliphatic carbocycles. The van der Waals surface area contributed by atoms with Crippen LogP contribution in [0.4, 0.5) is 4.79 Å². The molecule has 5 nitrogen and oxygen atoms in total. The molecule has 1 amide bonds. The summed E-state index contributed by atoms with van der Waals surface area (Å²) in [4.78, 5) is 14.0. The van der Waals surface area contributed by atoms with Gasteiger partial charge in [0.15, 0.2) is 0 Å². The largest absolute Gasteiger partial charge is 0.467 e. The van der Waals surface area contributed by atoms with Crippen LogP contribution >= 0.6 is 0 Å². The maximum Gasteiger partial charge on any atom is 0.410 e. The van der Waals surface area contributed by atoms with Crippen LogP contribution in [-0.4, -0.2) is 29.7 Å². The first kappa shape index (κ1) is 13.9. The van der Waals surface area contributed by atoms with Gasteiger partial charge in [-0.2, -0.15) is 0 Å². The summed E-state index contributed by atoms with van der Waals surface area (Å²) < 4.78 is 10.9. The van der Waals surface area contributed by atoms with E-state index in [1.54, 1.807) is 11.2 Å². The highest BCUT2D eigenvalue weighted by molar-refractivity contribution is 5.69. The summed E-state index contributed by atoms with van der Waals surface area (Å²) in [5.41, 5.74) is 5.31. The lowest BCUT2D eigenvalue weighted by atomic mass is 9.99. The van der Waals surface area contributed by atoms with Gasteiger partial charge in [0.1, 0.15) is 11.4 Å². The van der Waals surface area contributed by atoms with E-state index in [0.717, 1.165) is 12.2 Å². The van der Waals surface area contributed by atoms with Gasteiger partial charge >= 0.3 is 6.09 Å². The van der Waals surface area contributed by atoms with Crippen molar-refractivity contribution in [1.29, 1.82) is 0 Å². The second-order valence-electron chi connectivity index (χ2n) is 5.92. The van der Waals surface area contributed by atoms with Crippen LogP contribution in [0.5, 0.6) is 0 Å². The Morgan fingerprint density at radius 3 is 2.84 bits per heavy atom. The first-order valence-electron chi connectivity index (χ1n) is 6.65. The lowest BCUT2D eigenvalue weighted by Crippen LogP contribution is -2.37. The van der Waals surface area contributed by atoms with E-state index in [-0.39, 0.29) is 18.1 Å². The molecule has 0 aromatic carbocycles. The average Bonchev–Trinajstić information content (AvgIpc) is 2.95. The van der Waals surface area contributed by atoms with Crippen LogP contribution in [0.3, 0.4) is 0 Å². The fourth-order valence-corrected chi connectivity index (χ4v) is 2.47. The Morgan fingerprint density at radius 2 is 2.32 bits per heavy atom. The van der Waals surface area contributed by atoms with Crippen LogP contribution in [-0.2, 0) is 4.74 Å². The quantitative estimate of drug-likeness (QED) is 0.893. The molecule has 1 aliphatic rings. The van der Waals surface area contributed by atoms with Crippen LogP contribution in [0, 0.1) is 5.92 Å². The van der Waals surface area contributed by atoms with Gasteiger partial charge in [0.2, 0.25) is 0 Å². The number of carbonyl (C=O) groups excluding carboxylic acids is 1. The minimum Gasteiger partial charge on any atom is -0.467 e. The molecule has 2 N–H and O–H groups in total. The van der Waals surface area contributed by atoms with Gasteiger partial charge in [-0.25, -0.2) is 4.79 Å². The van der Waals surface area contributed by atoms with E-state index in [4.69, 9.17) is 14.9 Å². The maximum absolute atomic E-state index is 12.2. The van der Waals surface area contributed by atoms with Crippen molar-refractivity contribution in [3.05, 3.63) is 24.2 Å². The van der Waals surface area contributed by atoms with Crippen molar-refractivity contribution in [2.75, 3.05) is 13.1 Å². The fraction of sp³-hybridized carbons (Fsp3) is 0.643. The molecule has 106 valence electrons. The summed E-state index contributed by atoms with van der Waals surface area (Å²) in [5, 5.41) is 0. The second-order valence-corrected chi connectivity index (χ2v) is 5.92. The zero-order chi connectivity index (χ0) is 14.0. The van der Waals surface area contributed by atoms with Crippen molar-refractivity contribution < 1.29 is 13.9 Å². The highest BCUT2D eigenvalue weighted by atomic mass is 16.6. The molecular weight excluding hydrogens is 244 g/mol. The standard InChI is InChI=1S/C14H22N2O3/c1-14(2,3)19-13(17)16-7-6-10(9-15)12(16)11-5-4-8-18-11/h4-5,8,10,12H,6-7,9,15H2,1-3H3/t10-,12+/m0/s1. The smallest absolute Gasteiger partial charge is 0.410 e. The molecule has 1 aromatic rings. The molecule has 19 heavy (non-hydrogen) atoms. The number of nitrogens with zero attached hydrogens (tertiary/aromatic N) is 1. The molecule has 0 saturated carbocycles. The molecule has 1 aromatic heterocycles. The van der Waals surface area contributed by atoms with Crippen molar-refractivity contribution in [3.8, 4) is 0 Å². The molecule has 0 bridgehead atoms. The Morgan fingerprint density at radius 1 is 1.58 bits per heavy atom. The van der Waals surface area contributed by atoms with Gasteiger partial charge in [0.25, 0.3) is 0 Å². The third kappa shape index (κ3) is 3.10. The number of furan rings is 1. The predicted octanol–water partition coefficient (Wildman–Crippen LogP) is 2.54. The molecule has 2 heterocycles. The summed E-state index contributed by atoms with van der Waals surface area (Å²) in [6.45, 7) is 6.78. The van der Waals surface area contributed by atoms with Gasteiger partial charge in [-0.1, -0.05) is 0 Å².